The summed E-state index contributed by atoms with van der Waals surface area (Å²) in [6.45, 7) is 5.25. The number of aryl methyl sites for hydroxylation is 5. The highest BCUT2D eigenvalue weighted by Crippen LogP contribution is 2.34. The average Bonchev–Trinajstić information content (AvgIpc) is 3.11. The van der Waals surface area contributed by atoms with Crippen molar-refractivity contribution < 1.29 is 23.5 Å². The van der Waals surface area contributed by atoms with Crippen molar-refractivity contribution in [3.63, 3.8) is 0 Å². The second kappa shape index (κ2) is 8.84. The Morgan fingerprint density at radius 1 is 1.00 bits per heavy atom. The quantitative estimate of drug-likeness (QED) is 0.579. The van der Waals surface area contributed by atoms with Crippen molar-refractivity contribution in [1.29, 1.82) is 0 Å². The number of amides is 1. The van der Waals surface area contributed by atoms with Gasteiger partial charge in [0.25, 0.3) is 5.91 Å². The molecule has 0 saturated heterocycles. The number of hydrogen-bond donors (Lipinski definition) is 1. The first-order chi connectivity index (χ1) is 14.9. The summed E-state index contributed by atoms with van der Waals surface area (Å²) >= 11 is 0. The van der Waals surface area contributed by atoms with E-state index in [-0.39, 0.29) is 19.1 Å². The van der Waals surface area contributed by atoms with E-state index in [1.807, 2.05) is 45.0 Å². The van der Waals surface area contributed by atoms with Crippen molar-refractivity contribution in [3.05, 3.63) is 58.3 Å². The molecule has 1 aliphatic carbocycles. The van der Waals surface area contributed by atoms with Crippen molar-refractivity contribution in [2.75, 3.05) is 18.5 Å². The molecule has 0 saturated carbocycles. The molecule has 1 amide bonds. The van der Waals surface area contributed by atoms with Crippen molar-refractivity contribution in [1.82, 2.24) is 0 Å². The lowest BCUT2D eigenvalue weighted by Gasteiger charge is -2.13. The van der Waals surface area contributed by atoms with E-state index in [2.05, 4.69) is 5.32 Å². The van der Waals surface area contributed by atoms with Crippen LogP contribution in [-0.2, 0) is 27.2 Å². The number of esters is 1. The normalized spacial score (nSPS) is 13.0. The minimum atomic E-state index is -0.596. The van der Waals surface area contributed by atoms with Crippen LogP contribution in [0.3, 0.4) is 0 Å². The maximum absolute atomic E-state index is 12.2. The molecule has 1 aliphatic rings. The molecule has 1 heterocycles. The van der Waals surface area contributed by atoms with Gasteiger partial charge in [-0.25, -0.2) is 4.79 Å². The molecule has 1 N–H and O–H groups in total. The van der Waals surface area contributed by atoms with Gasteiger partial charge in [-0.05, 0) is 69.4 Å². The van der Waals surface area contributed by atoms with Crippen molar-refractivity contribution in [2.24, 2.45) is 0 Å². The van der Waals surface area contributed by atoms with Crippen LogP contribution in [0.1, 0.15) is 40.9 Å². The van der Waals surface area contributed by atoms with E-state index in [0.29, 0.717) is 5.75 Å². The molecule has 6 heteroatoms. The first kappa shape index (κ1) is 21.0. The number of carbonyl (C=O) groups excluding carboxylic acids is 2. The van der Waals surface area contributed by atoms with E-state index < -0.39 is 5.97 Å². The summed E-state index contributed by atoms with van der Waals surface area (Å²) in [6.07, 6.45) is 4.28. The van der Waals surface area contributed by atoms with Crippen LogP contribution >= 0.6 is 0 Å². The summed E-state index contributed by atoms with van der Waals surface area (Å²) in [5, 5.41) is 3.86. The Balaban J connectivity index is 1.30. The molecule has 0 aliphatic heterocycles. The molecule has 1 aromatic heterocycles. The van der Waals surface area contributed by atoms with Crippen LogP contribution in [0.15, 0.2) is 34.7 Å². The molecule has 162 valence electrons. The van der Waals surface area contributed by atoms with Gasteiger partial charge in [0.2, 0.25) is 0 Å². The van der Waals surface area contributed by atoms with Gasteiger partial charge in [0.15, 0.2) is 13.2 Å². The molecule has 31 heavy (non-hydrogen) atoms. The van der Waals surface area contributed by atoms with Gasteiger partial charge in [-0.1, -0.05) is 17.7 Å². The molecule has 0 atom stereocenters. The second-order valence-electron chi connectivity index (χ2n) is 8.14. The largest absolute Gasteiger partial charge is 0.482 e. The monoisotopic (exact) mass is 421 g/mol. The Bertz CT molecular complexity index is 1120. The molecular weight excluding hydrogens is 394 g/mol. The minimum absolute atomic E-state index is 0.262. The van der Waals surface area contributed by atoms with Crippen LogP contribution < -0.4 is 10.1 Å². The highest BCUT2D eigenvalue weighted by atomic mass is 16.6. The molecule has 6 nitrogen and oxygen atoms in total. The molecule has 0 fully saturated rings. The molecule has 4 rings (SSSR count). The van der Waals surface area contributed by atoms with Crippen molar-refractivity contribution in [3.8, 4) is 5.75 Å². The molecular formula is C25H27NO5. The van der Waals surface area contributed by atoms with Gasteiger partial charge in [-0.15, -0.1) is 0 Å². The zero-order valence-electron chi connectivity index (χ0n) is 18.2. The number of hydrogen-bond acceptors (Lipinski definition) is 5. The third kappa shape index (κ3) is 4.74. The van der Waals surface area contributed by atoms with E-state index in [1.54, 1.807) is 6.07 Å². The van der Waals surface area contributed by atoms with Crippen LogP contribution in [0.2, 0.25) is 0 Å². The predicted molar refractivity (Wildman–Crippen MR) is 119 cm³/mol. The number of furan rings is 1. The highest BCUT2D eigenvalue weighted by Gasteiger charge is 2.18. The highest BCUT2D eigenvalue weighted by molar-refractivity contribution is 5.94. The fourth-order valence-corrected chi connectivity index (χ4v) is 4.21. The average molecular weight is 421 g/mol. The van der Waals surface area contributed by atoms with Gasteiger partial charge in [0.05, 0.1) is 0 Å². The number of rotatable bonds is 6. The minimum Gasteiger partial charge on any atom is -0.482 e. The standard InChI is InChI=1S/C25H27NO5/c1-15-10-16(2)25(17(3)11-15)26-23(27)13-30-24(28)14-29-18-8-9-22-20(12-18)19-6-4-5-7-21(19)31-22/h8-12H,4-7,13-14H2,1-3H3,(H,26,27). The number of fused-ring (bicyclic) bond motifs is 3. The van der Waals surface area contributed by atoms with Crippen molar-refractivity contribution >= 4 is 28.5 Å². The molecule has 0 radical (unpaired) electrons. The Hall–Kier alpha value is -3.28. The Kier molecular flexibility index (Phi) is 5.98. The summed E-state index contributed by atoms with van der Waals surface area (Å²) in [4.78, 5) is 24.2. The number of nitrogens with one attached hydrogen (secondary N) is 1. The number of anilines is 1. The third-order valence-electron chi connectivity index (χ3n) is 5.59. The van der Waals surface area contributed by atoms with E-state index in [4.69, 9.17) is 13.9 Å². The summed E-state index contributed by atoms with van der Waals surface area (Å²) in [7, 11) is 0. The summed E-state index contributed by atoms with van der Waals surface area (Å²) in [5.41, 5.74) is 5.91. The van der Waals surface area contributed by atoms with E-state index in [1.165, 1.54) is 5.56 Å². The fourth-order valence-electron chi connectivity index (χ4n) is 4.21. The summed E-state index contributed by atoms with van der Waals surface area (Å²) in [5.74, 6) is 0.661. The van der Waals surface area contributed by atoms with Crippen LogP contribution in [0.25, 0.3) is 11.0 Å². The number of benzene rings is 2. The van der Waals surface area contributed by atoms with Crippen LogP contribution in [0.5, 0.6) is 5.75 Å². The number of ether oxygens (including phenoxy) is 2. The lowest BCUT2D eigenvalue weighted by Crippen LogP contribution is -2.24. The fraction of sp³-hybridized carbons (Fsp3) is 0.360. The van der Waals surface area contributed by atoms with Crippen LogP contribution in [0, 0.1) is 20.8 Å². The second-order valence-corrected chi connectivity index (χ2v) is 8.14. The third-order valence-corrected chi connectivity index (χ3v) is 5.59. The van der Waals surface area contributed by atoms with Gasteiger partial charge in [-0.2, -0.15) is 0 Å². The maximum atomic E-state index is 12.2. The smallest absolute Gasteiger partial charge is 0.344 e. The lowest BCUT2D eigenvalue weighted by atomic mass is 9.96. The van der Waals surface area contributed by atoms with E-state index >= 15 is 0 Å². The zero-order chi connectivity index (χ0) is 22.0. The Morgan fingerprint density at radius 2 is 1.74 bits per heavy atom. The molecule has 0 bridgehead atoms. The molecule has 0 unspecified atom stereocenters. The van der Waals surface area contributed by atoms with Gasteiger partial charge >= 0.3 is 5.97 Å². The maximum Gasteiger partial charge on any atom is 0.344 e. The van der Waals surface area contributed by atoms with E-state index in [9.17, 15) is 9.59 Å². The van der Waals surface area contributed by atoms with Gasteiger partial charge in [0, 0.05) is 23.1 Å². The first-order valence-corrected chi connectivity index (χ1v) is 10.6. The summed E-state index contributed by atoms with van der Waals surface area (Å²) < 4.78 is 16.6. The topological polar surface area (TPSA) is 77.8 Å². The number of carbonyl (C=O) groups is 2. The first-order valence-electron chi connectivity index (χ1n) is 10.6. The lowest BCUT2D eigenvalue weighted by molar-refractivity contribution is -0.149. The molecule has 2 aromatic carbocycles. The Labute approximate surface area is 181 Å². The SMILES string of the molecule is Cc1cc(C)c(NC(=O)COC(=O)COc2ccc3oc4c(c3c2)CCCC4)c(C)c1. The predicted octanol–water partition coefficient (Wildman–Crippen LogP) is 4.80. The van der Waals surface area contributed by atoms with Crippen LogP contribution in [-0.4, -0.2) is 25.1 Å². The Morgan fingerprint density at radius 3 is 2.52 bits per heavy atom. The van der Waals surface area contributed by atoms with Gasteiger partial charge < -0.3 is 19.2 Å². The summed E-state index contributed by atoms with van der Waals surface area (Å²) in [6, 6.07) is 9.55. The van der Waals surface area contributed by atoms with E-state index in [0.717, 1.165) is 64.8 Å². The van der Waals surface area contributed by atoms with Crippen LogP contribution in [0.4, 0.5) is 5.69 Å². The van der Waals surface area contributed by atoms with Crippen molar-refractivity contribution in [2.45, 2.75) is 46.5 Å². The molecule has 3 aromatic rings. The molecule has 0 spiro atoms. The zero-order valence-corrected chi connectivity index (χ0v) is 18.2. The van der Waals surface area contributed by atoms with Gasteiger partial charge in [0.1, 0.15) is 17.1 Å². The van der Waals surface area contributed by atoms with Gasteiger partial charge in [-0.3, -0.25) is 4.79 Å².